The highest BCUT2D eigenvalue weighted by Crippen LogP contribution is 2.15. The second-order valence-corrected chi connectivity index (χ2v) is 3.10. The Morgan fingerprint density at radius 1 is 1.43 bits per heavy atom. The summed E-state index contributed by atoms with van der Waals surface area (Å²) in [7, 11) is 0. The molecule has 0 bridgehead atoms. The van der Waals surface area contributed by atoms with Gasteiger partial charge in [-0.05, 0) is 12.8 Å². The summed E-state index contributed by atoms with van der Waals surface area (Å²) in [6.45, 7) is 10.2. The Bertz CT molecular complexity index is 243. The molecule has 2 unspecified atom stereocenters. The number of ether oxygens (including phenoxy) is 1. The molecule has 14 heavy (non-hydrogen) atoms. The Morgan fingerprint density at radius 3 is 2.36 bits per heavy atom. The van der Waals surface area contributed by atoms with Gasteiger partial charge in [-0.15, -0.1) is 6.58 Å². The molecule has 0 aromatic carbocycles. The first-order valence-corrected chi connectivity index (χ1v) is 4.45. The molecule has 0 aromatic rings. The summed E-state index contributed by atoms with van der Waals surface area (Å²) in [6.07, 6.45) is 3.04. The van der Waals surface area contributed by atoms with Gasteiger partial charge in [0.2, 0.25) is 0 Å². The van der Waals surface area contributed by atoms with Gasteiger partial charge in [0, 0.05) is 0 Å². The number of ketones is 1. The summed E-state index contributed by atoms with van der Waals surface area (Å²) < 4.78 is 4.81. The fourth-order valence-corrected chi connectivity index (χ4v) is 1.12. The number of Topliss-reactive ketones (excluding diaryl/α,β-unsaturated/α-hetero) is 1. The number of allylic oxidation sites excluding steroid dienone is 1. The van der Waals surface area contributed by atoms with Crippen molar-refractivity contribution in [2.24, 2.45) is 11.8 Å². The van der Waals surface area contributed by atoms with Crippen molar-refractivity contribution in [1.82, 2.24) is 0 Å². The highest BCUT2D eigenvalue weighted by molar-refractivity contribution is 5.98. The Labute approximate surface area is 84.4 Å². The summed E-state index contributed by atoms with van der Waals surface area (Å²) in [5.41, 5.74) is 0. The first-order valence-electron chi connectivity index (χ1n) is 4.45. The normalized spacial score (nSPS) is 13.9. The molecule has 0 amide bonds. The molecule has 3 nitrogen and oxygen atoms in total. The van der Waals surface area contributed by atoms with Gasteiger partial charge in [-0.1, -0.05) is 25.7 Å². The molecule has 0 aromatic heterocycles. The molecule has 3 heteroatoms. The first kappa shape index (κ1) is 12.6. The summed E-state index contributed by atoms with van der Waals surface area (Å²) in [6, 6.07) is 0. The Morgan fingerprint density at radius 2 is 2.00 bits per heavy atom. The van der Waals surface area contributed by atoms with Gasteiger partial charge in [-0.2, -0.15) is 0 Å². The number of carbonyl (C=O) groups is 2. The lowest BCUT2D eigenvalue weighted by atomic mass is 9.91. The van der Waals surface area contributed by atoms with Crippen LogP contribution in [0.5, 0.6) is 0 Å². The predicted molar refractivity (Wildman–Crippen MR) is 54.7 cm³/mol. The zero-order valence-electron chi connectivity index (χ0n) is 8.66. The van der Waals surface area contributed by atoms with Gasteiger partial charge < -0.3 is 4.74 Å². The maximum atomic E-state index is 11.4. The van der Waals surface area contributed by atoms with Crippen LogP contribution in [-0.4, -0.2) is 18.4 Å². The summed E-state index contributed by atoms with van der Waals surface area (Å²) in [5.74, 6) is -1.66. The average molecular weight is 196 g/mol. The fourth-order valence-electron chi connectivity index (χ4n) is 1.12. The van der Waals surface area contributed by atoms with E-state index in [4.69, 9.17) is 4.74 Å². The van der Waals surface area contributed by atoms with Crippen LogP contribution in [0.3, 0.4) is 0 Å². The lowest BCUT2D eigenvalue weighted by molar-refractivity contribution is -0.151. The maximum absolute atomic E-state index is 11.4. The average Bonchev–Trinajstić information content (AvgIpc) is 2.14. The van der Waals surface area contributed by atoms with Crippen molar-refractivity contribution in [3.63, 3.8) is 0 Å². The number of rotatable bonds is 6. The van der Waals surface area contributed by atoms with E-state index in [0.29, 0.717) is 0 Å². The number of hydrogen-bond acceptors (Lipinski definition) is 3. The van der Waals surface area contributed by atoms with Gasteiger partial charge in [0.25, 0.3) is 0 Å². The molecule has 2 atom stereocenters. The zero-order chi connectivity index (χ0) is 11.1. The number of carbonyl (C=O) groups excluding carboxylic acids is 2. The molecule has 0 N–H and O–H groups in total. The maximum Gasteiger partial charge on any atom is 0.317 e. The Hall–Kier alpha value is -1.38. The quantitative estimate of drug-likeness (QED) is 0.369. The topological polar surface area (TPSA) is 43.4 Å². The molecule has 0 spiro atoms. The Kier molecular flexibility index (Phi) is 5.53. The number of esters is 1. The van der Waals surface area contributed by atoms with Crippen LogP contribution in [0.15, 0.2) is 25.3 Å². The molecule has 0 aliphatic heterocycles. The SMILES string of the molecule is C=CCOC(=O)C(C(C)=O)C(C)C=C. The van der Waals surface area contributed by atoms with Crippen LogP contribution in [0.25, 0.3) is 0 Å². The van der Waals surface area contributed by atoms with E-state index in [9.17, 15) is 9.59 Å². The van der Waals surface area contributed by atoms with E-state index in [0.717, 1.165) is 0 Å². The molecule has 0 heterocycles. The standard InChI is InChI=1S/C11H16O3/c1-5-7-14-11(13)10(9(4)12)8(3)6-2/h5-6,8,10H,1-2,7H2,3-4H3. The van der Waals surface area contributed by atoms with Crippen LogP contribution < -0.4 is 0 Å². The molecule has 0 radical (unpaired) electrons. The molecular formula is C11H16O3. The first-order chi connectivity index (χ1) is 6.54. The van der Waals surface area contributed by atoms with Gasteiger partial charge in [-0.25, -0.2) is 0 Å². The van der Waals surface area contributed by atoms with E-state index in [-0.39, 0.29) is 18.3 Å². The van der Waals surface area contributed by atoms with E-state index in [1.807, 2.05) is 0 Å². The van der Waals surface area contributed by atoms with Gasteiger partial charge in [0.1, 0.15) is 18.3 Å². The van der Waals surface area contributed by atoms with Gasteiger partial charge >= 0.3 is 5.97 Å². The highest BCUT2D eigenvalue weighted by atomic mass is 16.5. The van der Waals surface area contributed by atoms with Crippen molar-refractivity contribution in [3.05, 3.63) is 25.3 Å². The van der Waals surface area contributed by atoms with Gasteiger partial charge in [-0.3, -0.25) is 9.59 Å². The third-order valence-corrected chi connectivity index (χ3v) is 1.93. The molecule has 0 saturated carbocycles. The molecular weight excluding hydrogens is 180 g/mol. The minimum absolute atomic E-state index is 0.131. The summed E-state index contributed by atoms with van der Waals surface area (Å²) >= 11 is 0. The van der Waals surface area contributed by atoms with Crippen LogP contribution in [0, 0.1) is 11.8 Å². The third-order valence-electron chi connectivity index (χ3n) is 1.93. The van der Waals surface area contributed by atoms with Crippen LogP contribution in [0.2, 0.25) is 0 Å². The van der Waals surface area contributed by atoms with Crippen LogP contribution >= 0.6 is 0 Å². The van der Waals surface area contributed by atoms with Crippen LogP contribution in [0.4, 0.5) is 0 Å². The van der Waals surface area contributed by atoms with Crippen LogP contribution in [0.1, 0.15) is 13.8 Å². The van der Waals surface area contributed by atoms with Crippen molar-refractivity contribution in [2.75, 3.05) is 6.61 Å². The summed E-state index contributed by atoms with van der Waals surface area (Å²) in [4.78, 5) is 22.6. The minimum Gasteiger partial charge on any atom is -0.461 e. The second kappa shape index (κ2) is 6.13. The minimum atomic E-state index is -0.743. The molecule has 0 saturated heterocycles. The van der Waals surface area contributed by atoms with Crippen molar-refractivity contribution < 1.29 is 14.3 Å². The van der Waals surface area contributed by atoms with Gasteiger partial charge in [0.15, 0.2) is 0 Å². The molecule has 0 aliphatic carbocycles. The van der Waals surface area contributed by atoms with Crippen molar-refractivity contribution in [2.45, 2.75) is 13.8 Å². The fraction of sp³-hybridized carbons (Fsp3) is 0.455. The van der Waals surface area contributed by atoms with E-state index in [2.05, 4.69) is 13.2 Å². The smallest absolute Gasteiger partial charge is 0.317 e. The van der Waals surface area contributed by atoms with E-state index >= 15 is 0 Å². The monoisotopic (exact) mass is 196 g/mol. The molecule has 0 rings (SSSR count). The lowest BCUT2D eigenvalue weighted by Crippen LogP contribution is -2.29. The predicted octanol–water partition coefficient (Wildman–Crippen LogP) is 1.74. The van der Waals surface area contributed by atoms with Gasteiger partial charge in [0.05, 0.1) is 0 Å². The van der Waals surface area contributed by atoms with E-state index < -0.39 is 11.9 Å². The third kappa shape index (κ3) is 3.56. The molecule has 0 fully saturated rings. The second-order valence-electron chi connectivity index (χ2n) is 3.10. The molecule has 78 valence electrons. The van der Waals surface area contributed by atoms with E-state index in [1.165, 1.54) is 13.0 Å². The summed E-state index contributed by atoms with van der Waals surface area (Å²) in [5, 5.41) is 0. The molecule has 0 aliphatic rings. The van der Waals surface area contributed by atoms with Crippen molar-refractivity contribution >= 4 is 11.8 Å². The largest absolute Gasteiger partial charge is 0.461 e. The van der Waals surface area contributed by atoms with Crippen molar-refractivity contribution in [3.8, 4) is 0 Å². The number of hydrogen-bond donors (Lipinski definition) is 0. The van der Waals surface area contributed by atoms with Crippen molar-refractivity contribution in [1.29, 1.82) is 0 Å². The van der Waals surface area contributed by atoms with E-state index in [1.54, 1.807) is 13.0 Å². The highest BCUT2D eigenvalue weighted by Gasteiger charge is 2.28. The zero-order valence-corrected chi connectivity index (χ0v) is 8.66. The lowest BCUT2D eigenvalue weighted by Gasteiger charge is -2.16. The van der Waals surface area contributed by atoms with Crippen LogP contribution in [-0.2, 0) is 14.3 Å². The Balaban J connectivity index is 4.48.